The molecule has 19 heavy (non-hydrogen) atoms. The van der Waals surface area contributed by atoms with E-state index in [1.165, 1.54) is 5.69 Å². The molecule has 1 aromatic rings. The Kier molecular flexibility index (Phi) is 4.30. The van der Waals surface area contributed by atoms with Crippen LogP contribution < -0.4 is 4.57 Å². The number of esters is 1. The van der Waals surface area contributed by atoms with E-state index in [1.54, 1.807) is 0 Å². The van der Waals surface area contributed by atoms with Gasteiger partial charge in [0.1, 0.15) is 0 Å². The van der Waals surface area contributed by atoms with Gasteiger partial charge in [0, 0.05) is 18.5 Å². The molecule has 0 radical (unpaired) electrons. The first-order valence-corrected chi connectivity index (χ1v) is 10.5. The SMILES string of the molecule is C[Si](C)(C)N(c1ccccc1)C1CCCCC(=O)O1. The Hall–Kier alpha value is -1.29. The molecule has 0 amide bonds. The lowest BCUT2D eigenvalue weighted by Crippen LogP contribution is -2.53. The molecule has 1 aliphatic heterocycles. The summed E-state index contributed by atoms with van der Waals surface area (Å²) in [5.41, 5.74) is 1.17. The van der Waals surface area contributed by atoms with Crippen LogP contribution >= 0.6 is 0 Å². The molecule has 1 heterocycles. The molecule has 4 heteroatoms. The molecular formula is C15H23NO2Si. The summed E-state index contributed by atoms with van der Waals surface area (Å²) in [7, 11) is -1.61. The second-order valence-corrected chi connectivity index (χ2v) is 10.9. The van der Waals surface area contributed by atoms with Gasteiger partial charge in [-0.3, -0.25) is 4.79 Å². The Morgan fingerprint density at radius 2 is 1.84 bits per heavy atom. The number of carbonyl (C=O) groups is 1. The summed E-state index contributed by atoms with van der Waals surface area (Å²) >= 11 is 0. The zero-order chi connectivity index (χ0) is 13.9. The maximum Gasteiger partial charge on any atom is 0.307 e. The Labute approximate surface area is 116 Å². The molecule has 3 nitrogen and oxygen atoms in total. The third-order valence-corrected chi connectivity index (χ3v) is 5.39. The predicted molar refractivity (Wildman–Crippen MR) is 80.6 cm³/mol. The monoisotopic (exact) mass is 277 g/mol. The van der Waals surface area contributed by atoms with Crippen LogP contribution in [0.15, 0.2) is 30.3 Å². The Balaban J connectivity index is 2.30. The number of anilines is 1. The number of rotatable bonds is 3. The molecule has 1 aromatic carbocycles. The smallest absolute Gasteiger partial charge is 0.307 e. The number of para-hydroxylation sites is 1. The highest BCUT2D eigenvalue weighted by molar-refractivity contribution is 6.79. The highest BCUT2D eigenvalue weighted by Gasteiger charge is 2.33. The van der Waals surface area contributed by atoms with E-state index in [0.717, 1.165) is 19.3 Å². The lowest BCUT2D eigenvalue weighted by Gasteiger charge is -2.41. The van der Waals surface area contributed by atoms with E-state index in [9.17, 15) is 4.79 Å². The van der Waals surface area contributed by atoms with Crippen LogP contribution in [0.5, 0.6) is 0 Å². The van der Waals surface area contributed by atoms with Crippen LogP contribution in [0.25, 0.3) is 0 Å². The second-order valence-electron chi connectivity index (χ2n) is 6.07. The van der Waals surface area contributed by atoms with Crippen LogP contribution in [0.1, 0.15) is 25.7 Å². The Morgan fingerprint density at radius 3 is 2.47 bits per heavy atom. The molecular weight excluding hydrogens is 254 g/mol. The van der Waals surface area contributed by atoms with Crippen LogP contribution in [0.2, 0.25) is 19.6 Å². The molecule has 0 N–H and O–H groups in total. The van der Waals surface area contributed by atoms with Gasteiger partial charge in [-0.15, -0.1) is 0 Å². The van der Waals surface area contributed by atoms with E-state index in [0.29, 0.717) is 6.42 Å². The van der Waals surface area contributed by atoms with Gasteiger partial charge >= 0.3 is 5.97 Å². The molecule has 1 aliphatic rings. The Bertz CT molecular complexity index is 428. The molecule has 0 spiro atoms. The summed E-state index contributed by atoms with van der Waals surface area (Å²) < 4.78 is 8.03. The molecule has 1 saturated heterocycles. The summed E-state index contributed by atoms with van der Waals surface area (Å²) in [6.07, 6.45) is 3.41. The molecule has 0 bridgehead atoms. The van der Waals surface area contributed by atoms with E-state index in [-0.39, 0.29) is 12.2 Å². The molecule has 1 unspecified atom stereocenters. The molecule has 1 atom stereocenters. The highest BCUT2D eigenvalue weighted by Crippen LogP contribution is 2.28. The van der Waals surface area contributed by atoms with Gasteiger partial charge in [0.25, 0.3) is 0 Å². The summed E-state index contributed by atoms with van der Waals surface area (Å²) in [5.74, 6) is -0.0540. The number of cyclic esters (lactones) is 1. The van der Waals surface area contributed by atoms with Gasteiger partial charge < -0.3 is 9.30 Å². The number of hydrogen-bond donors (Lipinski definition) is 0. The van der Waals surface area contributed by atoms with Crippen LogP contribution in [-0.4, -0.2) is 20.4 Å². The molecule has 104 valence electrons. The van der Waals surface area contributed by atoms with Crippen LogP contribution in [-0.2, 0) is 9.53 Å². The van der Waals surface area contributed by atoms with E-state index < -0.39 is 8.24 Å². The van der Waals surface area contributed by atoms with Crippen molar-refractivity contribution in [1.82, 2.24) is 0 Å². The predicted octanol–water partition coefficient (Wildman–Crippen LogP) is 3.77. The molecule has 0 saturated carbocycles. The molecule has 1 fully saturated rings. The molecule has 0 aromatic heterocycles. The first-order valence-electron chi connectivity index (χ1n) is 7.02. The minimum Gasteiger partial charge on any atom is -0.442 e. The fourth-order valence-electron chi connectivity index (χ4n) is 2.61. The number of ether oxygens (including phenoxy) is 1. The fourth-order valence-corrected chi connectivity index (χ4v) is 4.58. The number of nitrogens with zero attached hydrogens (tertiary/aromatic N) is 1. The third kappa shape index (κ3) is 3.59. The van der Waals surface area contributed by atoms with Gasteiger partial charge in [0.2, 0.25) is 0 Å². The topological polar surface area (TPSA) is 29.5 Å². The average molecular weight is 277 g/mol. The van der Waals surface area contributed by atoms with Gasteiger partial charge in [-0.25, -0.2) is 0 Å². The van der Waals surface area contributed by atoms with Crippen molar-refractivity contribution in [2.45, 2.75) is 51.6 Å². The van der Waals surface area contributed by atoms with Crippen LogP contribution in [0, 0.1) is 0 Å². The lowest BCUT2D eigenvalue weighted by molar-refractivity contribution is -0.147. The van der Waals surface area contributed by atoms with E-state index in [4.69, 9.17) is 4.74 Å². The van der Waals surface area contributed by atoms with Crippen molar-refractivity contribution in [3.8, 4) is 0 Å². The molecule has 0 aliphatic carbocycles. The maximum absolute atomic E-state index is 11.7. The van der Waals surface area contributed by atoms with Crippen molar-refractivity contribution in [2.24, 2.45) is 0 Å². The zero-order valence-corrected chi connectivity index (χ0v) is 13.1. The first kappa shape index (κ1) is 14.1. The van der Waals surface area contributed by atoms with Gasteiger partial charge in [0.15, 0.2) is 14.5 Å². The minimum absolute atomic E-state index is 0.0540. The lowest BCUT2D eigenvalue weighted by atomic mass is 10.2. The maximum atomic E-state index is 11.7. The molecule has 2 rings (SSSR count). The van der Waals surface area contributed by atoms with Gasteiger partial charge in [-0.2, -0.15) is 0 Å². The van der Waals surface area contributed by atoms with Gasteiger partial charge in [0.05, 0.1) is 0 Å². The zero-order valence-electron chi connectivity index (χ0n) is 12.1. The van der Waals surface area contributed by atoms with Crippen molar-refractivity contribution in [3.63, 3.8) is 0 Å². The summed E-state index contributed by atoms with van der Waals surface area (Å²) in [4.78, 5) is 11.7. The van der Waals surface area contributed by atoms with Gasteiger partial charge in [-0.05, 0) is 25.0 Å². The van der Waals surface area contributed by atoms with Crippen molar-refractivity contribution < 1.29 is 9.53 Å². The van der Waals surface area contributed by atoms with E-state index >= 15 is 0 Å². The second kappa shape index (κ2) is 5.78. The average Bonchev–Trinajstić information content (AvgIpc) is 2.54. The van der Waals surface area contributed by atoms with Crippen LogP contribution in [0.3, 0.4) is 0 Å². The summed E-state index contributed by atoms with van der Waals surface area (Å²) in [6, 6.07) is 10.3. The third-order valence-electron chi connectivity index (χ3n) is 3.39. The normalized spacial score (nSPS) is 20.6. The van der Waals surface area contributed by atoms with Crippen molar-refractivity contribution in [2.75, 3.05) is 4.57 Å². The fraction of sp³-hybridized carbons (Fsp3) is 0.533. The van der Waals surface area contributed by atoms with Crippen LogP contribution in [0.4, 0.5) is 5.69 Å². The van der Waals surface area contributed by atoms with Crippen molar-refractivity contribution in [1.29, 1.82) is 0 Å². The van der Waals surface area contributed by atoms with E-state index in [2.05, 4.69) is 36.3 Å². The Morgan fingerprint density at radius 1 is 1.16 bits per heavy atom. The standard InChI is InChI=1S/C15H23NO2Si/c1-19(2,3)16(13-9-5-4-6-10-13)14-11-7-8-12-15(17)18-14/h4-6,9-10,14H,7-8,11-12H2,1-3H3. The number of carbonyl (C=O) groups excluding carboxylic acids is 1. The summed E-state index contributed by atoms with van der Waals surface area (Å²) in [6.45, 7) is 6.87. The number of hydrogen-bond acceptors (Lipinski definition) is 3. The summed E-state index contributed by atoms with van der Waals surface area (Å²) in [5, 5.41) is 0. The number of benzene rings is 1. The van der Waals surface area contributed by atoms with Crippen molar-refractivity contribution in [3.05, 3.63) is 30.3 Å². The highest BCUT2D eigenvalue weighted by atomic mass is 28.3. The first-order chi connectivity index (χ1) is 8.98. The van der Waals surface area contributed by atoms with Crippen molar-refractivity contribution >= 4 is 19.9 Å². The largest absolute Gasteiger partial charge is 0.442 e. The van der Waals surface area contributed by atoms with E-state index in [1.807, 2.05) is 18.2 Å². The quantitative estimate of drug-likeness (QED) is 0.622. The minimum atomic E-state index is -1.61. The van der Waals surface area contributed by atoms with Gasteiger partial charge in [-0.1, -0.05) is 37.8 Å².